The number of ether oxygens (including phenoxy) is 1. The van der Waals surface area contributed by atoms with Gasteiger partial charge in [-0.15, -0.1) is 0 Å². The third-order valence-corrected chi connectivity index (χ3v) is 3.53. The first-order valence-corrected chi connectivity index (χ1v) is 7.68. The Morgan fingerprint density at radius 1 is 0.842 bits per heavy atom. The van der Waals surface area contributed by atoms with Gasteiger partial charge >= 0.3 is 0 Å². The van der Waals surface area contributed by atoms with Gasteiger partial charge in [-0.25, -0.2) is 0 Å². The Labute approximate surface area is 119 Å². The van der Waals surface area contributed by atoms with Gasteiger partial charge in [-0.05, 0) is 40.9 Å². The van der Waals surface area contributed by atoms with Gasteiger partial charge in [0.25, 0.3) is 0 Å². The lowest BCUT2D eigenvalue weighted by Crippen LogP contribution is -2.07. The summed E-state index contributed by atoms with van der Waals surface area (Å²) in [5.74, 6) is 2.71. The molecule has 1 aromatic carbocycles. The minimum Gasteiger partial charge on any atom is -0.493 e. The molecule has 0 spiro atoms. The molecular weight excluding hydrogens is 232 g/mol. The van der Waals surface area contributed by atoms with E-state index in [1.54, 1.807) is 0 Å². The predicted octanol–water partition coefficient (Wildman–Crippen LogP) is 5.85. The van der Waals surface area contributed by atoms with Gasteiger partial charge in [0.2, 0.25) is 0 Å². The highest BCUT2D eigenvalue weighted by Crippen LogP contribution is 2.37. The second-order valence-corrected chi connectivity index (χ2v) is 6.34. The number of hydrogen-bond donors (Lipinski definition) is 0. The summed E-state index contributed by atoms with van der Waals surface area (Å²) in [5.41, 5.74) is 4.16. The maximum atomic E-state index is 6.07. The zero-order valence-electron chi connectivity index (χ0n) is 13.7. The summed E-state index contributed by atoms with van der Waals surface area (Å²) >= 11 is 0. The summed E-state index contributed by atoms with van der Waals surface area (Å²) < 4.78 is 6.07. The van der Waals surface area contributed by atoms with Crippen molar-refractivity contribution in [2.45, 2.75) is 72.6 Å². The van der Waals surface area contributed by atoms with Gasteiger partial charge in [-0.3, -0.25) is 0 Å². The van der Waals surface area contributed by atoms with E-state index in [0.29, 0.717) is 17.8 Å². The Hall–Kier alpha value is -0.980. The predicted molar refractivity (Wildman–Crippen MR) is 84.5 cm³/mol. The van der Waals surface area contributed by atoms with Crippen LogP contribution in [0.5, 0.6) is 5.75 Å². The molecule has 0 bridgehead atoms. The highest BCUT2D eigenvalue weighted by Gasteiger charge is 2.18. The molecule has 0 N–H and O–H groups in total. The molecule has 0 fully saturated rings. The molecule has 0 atom stereocenters. The summed E-state index contributed by atoms with van der Waals surface area (Å²) in [6.45, 7) is 16.5. The molecule has 0 aliphatic heterocycles. The molecule has 0 amide bonds. The van der Waals surface area contributed by atoms with Crippen LogP contribution in [0.15, 0.2) is 12.1 Å². The maximum absolute atomic E-state index is 6.07. The number of hydrogen-bond acceptors (Lipinski definition) is 1. The van der Waals surface area contributed by atoms with Crippen LogP contribution in [0.2, 0.25) is 0 Å². The van der Waals surface area contributed by atoms with E-state index in [1.807, 2.05) is 0 Å². The SMILES string of the molecule is CCCOc1c(C(C)C)cc(C(C)C)cc1C(C)C. The van der Waals surface area contributed by atoms with Crippen LogP contribution in [0.25, 0.3) is 0 Å². The van der Waals surface area contributed by atoms with E-state index < -0.39 is 0 Å². The molecule has 108 valence electrons. The zero-order valence-corrected chi connectivity index (χ0v) is 13.7. The van der Waals surface area contributed by atoms with Crippen molar-refractivity contribution in [2.24, 2.45) is 0 Å². The van der Waals surface area contributed by atoms with Crippen LogP contribution in [0, 0.1) is 0 Å². The molecule has 1 aromatic rings. The lowest BCUT2D eigenvalue weighted by Gasteiger charge is -2.22. The van der Waals surface area contributed by atoms with Crippen LogP contribution < -0.4 is 4.74 Å². The van der Waals surface area contributed by atoms with Crippen molar-refractivity contribution < 1.29 is 4.74 Å². The van der Waals surface area contributed by atoms with Gasteiger partial charge in [0, 0.05) is 0 Å². The topological polar surface area (TPSA) is 9.23 Å². The standard InChI is InChI=1S/C18H30O/c1-8-9-19-18-16(13(4)5)10-15(12(2)3)11-17(18)14(6)7/h10-14H,8-9H2,1-7H3. The fourth-order valence-electron chi connectivity index (χ4n) is 2.26. The second-order valence-electron chi connectivity index (χ2n) is 6.34. The van der Waals surface area contributed by atoms with E-state index >= 15 is 0 Å². The molecule has 0 saturated carbocycles. The lowest BCUT2D eigenvalue weighted by atomic mass is 9.88. The Kier molecular flexibility index (Phi) is 5.90. The van der Waals surface area contributed by atoms with Crippen molar-refractivity contribution >= 4 is 0 Å². The molecule has 0 aromatic heterocycles. The maximum Gasteiger partial charge on any atom is 0.126 e. The van der Waals surface area contributed by atoms with Crippen molar-refractivity contribution in [2.75, 3.05) is 6.61 Å². The number of rotatable bonds is 6. The lowest BCUT2D eigenvalue weighted by molar-refractivity contribution is 0.308. The fourth-order valence-corrected chi connectivity index (χ4v) is 2.26. The van der Waals surface area contributed by atoms with Gasteiger partial charge in [0.1, 0.15) is 5.75 Å². The van der Waals surface area contributed by atoms with E-state index in [9.17, 15) is 0 Å². The first-order chi connectivity index (χ1) is 8.88. The highest BCUT2D eigenvalue weighted by molar-refractivity contribution is 5.48. The Balaban J connectivity index is 3.37. The molecule has 0 saturated heterocycles. The van der Waals surface area contributed by atoms with E-state index in [-0.39, 0.29) is 0 Å². The van der Waals surface area contributed by atoms with Crippen LogP contribution >= 0.6 is 0 Å². The average Bonchev–Trinajstić information content (AvgIpc) is 2.34. The summed E-state index contributed by atoms with van der Waals surface area (Å²) in [6.07, 6.45) is 1.06. The van der Waals surface area contributed by atoms with Crippen molar-refractivity contribution in [3.63, 3.8) is 0 Å². The second kappa shape index (κ2) is 6.98. The van der Waals surface area contributed by atoms with Crippen LogP contribution in [-0.2, 0) is 0 Å². The van der Waals surface area contributed by atoms with Crippen molar-refractivity contribution in [1.29, 1.82) is 0 Å². The number of benzene rings is 1. The van der Waals surface area contributed by atoms with E-state index in [1.165, 1.54) is 16.7 Å². The van der Waals surface area contributed by atoms with E-state index in [4.69, 9.17) is 4.74 Å². The first kappa shape index (κ1) is 16.1. The first-order valence-electron chi connectivity index (χ1n) is 7.68. The smallest absolute Gasteiger partial charge is 0.126 e. The molecule has 0 aliphatic carbocycles. The Morgan fingerprint density at radius 3 is 1.63 bits per heavy atom. The molecule has 1 rings (SSSR count). The molecule has 1 heteroatoms. The largest absolute Gasteiger partial charge is 0.493 e. The molecule has 0 heterocycles. The monoisotopic (exact) mass is 262 g/mol. The molecule has 0 aliphatic rings. The highest BCUT2D eigenvalue weighted by atomic mass is 16.5. The molecule has 0 unspecified atom stereocenters. The van der Waals surface area contributed by atoms with Crippen LogP contribution in [0.1, 0.15) is 89.3 Å². The van der Waals surface area contributed by atoms with Crippen molar-refractivity contribution in [1.82, 2.24) is 0 Å². The van der Waals surface area contributed by atoms with Gasteiger partial charge in [0.15, 0.2) is 0 Å². The van der Waals surface area contributed by atoms with E-state index in [0.717, 1.165) is 18.8 Å². The van der Waals surface area contributed by atoms with E-state index in [2.05, 4.69) is 60.6 Å². The van der Waals surface area contributed by atoms with Crippen LogP contribution in [0.3, 0.4) is 0 Å². The fraction of sp³-hybridized carbons (Fsp3) is 0.667. The van der Waals surface area contributed by atoms with Gasteiger partial charge in [-0.2, -0.15) is 0 Å². The van der Waals surface area contributed by atoms with Gasteiger partial charge in [0.05, 0.1) is 6.61 Å². The normalized spacial score (nSPS) is 11.7. The van der Waals surface area contributed by atoms with Crippen LogP contribution in [0.4, 0.5) is 0 Å². The Morgan fingerprint density at radius 2 is 1.32 bits per heavy atom. The van der Waals surface area contributed by atoms with Gasteiger partial charge in [-0.1, -0.05) is 60.6 Å². The zero-order chi connectivity index (χ0) is 14.6. The van der Waals surface area contributed by atoms with Gasteiger partial charge < -0.3 is 4.74 Å². The van der Waals surface area contributed by atoms with Crippen molar-refractivity contribution in [3.05, 3.63) is 28.8 Å². The average molecular weight is 262 g/mol. The summed E-state index contributed by atoms with van der Waals surface area (Å²) in [5, 5.41) is 0. The Bertz CT molecular complexity index is 373. The van der Waals surface area contributed by atoms with Crippen LogP contribution in [-0.4, -0.2) is 6.61 Å². The summed E-state index contributed by atoms with van der Waals surface area (Å²) in [6, 6.07) is 4.68. The minimum absolute atomic E-state index is 0.503. The summed E-state index contributed by atoms with van der Waals surface area (Å²) in [4.78, 5) is 0. The molecular formula is C18H30O. The minimum atomic E-state index is 0.503. The molecule has 1 nitrogen and oxygen atoms in total. The quantitative estimate of drug-likeness (QED) is 0.625. The molecule has 0 radical (unpaired) electrons. The summed E-state index contributed by atoms with van der Waals surface area (Å²) in [7, 11) is 0. The molecule has 19 heavy (non-hydrogen) atoms. The third kappa shape index (κ3) is 3.99. The third-order valence-electron chi connectivity index (χ3n) is 3.53. The van der Waals surface area contributed by atoms with Crippen molar-refractivity contribution in [3.8, 4) is 5.75 Å².